The van der Waals surface area contributed by atoms with Gasteiger partial charge in [0.2, 0.25) is 0 Å². The van der Waals surface area contributed by atoms with Gasteiger partial charge >= 0.3 is 0 Å². The number of aromatic nitrogens is 2. The molecule has 2 aromatic rings. The van der Waals surface area contributed by atoms with Gasteiger partial charge in [-0.05, 0) is 19.1 Å². The van der Waals surface area contributed by atoms with E-state index in [2.05, 4.69) is 15.3 Å². The largest absolute Gasteiger partial charge is 0.383 e. The van der Waals surface area contributed by atoms with Crippen LogP contribution in [0.3, 0.4) is 0 Å². The third-order valence-corrected chi connectivity index (χ3v) is 2.36. The molecule has 5 heteroatoms. The molecule has 1 aromatic carbocycles. The number of nitrogen functional groups attached to an aromatic ring is 1. The normalized spacial score (nSPS) is 10.2. The second kappa shape index (κ2) is 4.78. The molecule has 0 fully saturated rings. The Kier molecular flexibility index (Phi) is 3.18. The minimum absolute atomic E-state index is 0.292. The number of benzene rings is 1. The molecule has 0 bridgehead atoms. The first-order valence-electron chi connectivity index (χ1n) is 5.23. The Bertz CT molecular complexity index is 528. The lowest BCUT2D eigenvalue weighted by Crippen LogP contribution is -2.07. The van der Waals surface area contributed by atoms with Gasteiger partial charge in [0.1, 0.15) is 17.5 Å². The van der Waals surface area contributed by atoms with Crippen molar-refractivity contribution in [2.24, 2.45) is 0 Å². The Morgan fingerprint density at radius 2 is 2.12 bits per heavy atom. The lowest BCUT2D eigenvalue weighted by atomic mass is 10.2. The van der Waals surface area contributed by atoms with E-state index in [0.29, 0.717) is 23.9 Å². The van der Waals surface area contributed by atoms with Crippen molar-refractivity contribution in [3.05, 3.63) is 47.7 Å². The van der Waals surface area contributed by atoms with E-state index in [1.165, 1.54) is 6.07 Å². The molecule has 88 valence electrons. The van der Waals surface area contributed by atoms with Crippen molar-refractivity contribution in [1.29, 1.82) is 0 Å². The number of hydrogen-bond donors (Lipinski definition) is 2. The van der Waals surface area contributed by atoms with Crippen LogP contribution in [0.5, 0.6) is 0 Å². The van der Waals surface area contributed by atoms with Crippen LogP contribution < -0.4 is 11.1 Å². The zero-order valence-electron chi connectivity index (χ0n) is 9.44. The Hall–Kier alpha value is -2.17. The zero-order valence-corrected chi connectivity index (χ0v) is 9.44. The minimum Gasteiger partial charge on any atom is -0.383 e. The highest BCUT2D eigenvalue weighted by atomic mass is 19.1. The molecule has 2 rings (SSSR count). The summed E-state index contributed by atoms with van der Waals surface area (Å²) in [5.74, 6) is 0.748. The average Bonchev–Trinajstić information content (AvgIpc) is 2.30. The molecule has 4 nitrogen and oxygen atoms in total. The molecule has 0 atom stereocenters. The Labute approximate surface area is 98.7 Å². The van der Waals surface area contributed by atoms with E-state index in [1.807, 2.05) is 0 Å². The molecular formula is C12H13FN4. The van der Waals surface area contributed by atoms with Gasteiger partial charge in [-0.15, -0.1) is 0 Å². The number of hydrogen-bond acceptors (Lipinski definition) is 4. The van der Waals surface area contributed by atoms with E-state index in [0.717, 1.165) is 5.56 Å². The second-order valence-corrected chi connectivity index (χ2v) is 3.66. The summed E-state index contributed by atoms with van der Waals surface area (Å²) in [7, 11) is 0. The van der Waals surface area contributed by atoms with Gasteiger partial charge in [0.05, 0.1) is 5.69 Å². The highest BCUT2D eigenvalue weighted by Gasteiger charge is 2.04. The Morgan fingerprint density at radius 1 is 1.35 bits per heavy atom. The highest BCUT2D eigenvalue weighted by Crippen LogP contribution is 2.15. The SMILES string of the molecule is Cc1ncc(CNc2ccccc2F)c(N)n1. The lowest BCUT2D eigenvalue weighted by molar-refractivity contribution is 0.630. The fourth-order valence-electron chi connectivity index (χ4n) is 1.44. The van der Waals surface area contributed by atoms with E-state index in [9.17, 15) is 4.39 Å². The second-order valence-electron chi connectivity index (χ2n) is 3.66. The molecule has 0 saturated carbocycles. The first-order chi connectivity index (χ1) is 8.16. The number of nitrogens with one attached hydrogen (secondary N) is 1. The van der Waals surface area contributed by atoms with E-state index in [4.69, 9.17) is 5.73 Å². The standard InChI is InChI=1S/C12H13FN4/c1-8-15-6-9(12(14)17-8)7-16-11-5-3-2-4-10(11)13/h2-6,16H,7H2,1H3,(H2,14,15,17). The first-order valence-corrected chi connectivity index (χ1v) is 5.23. The van der Waals surface area contributed by atoms with Gasteiger partial charge in [0, 0.05) is 18.3 Å². The molecule has 0 aliphatic carbocycles. The number of nitrogens with zero attached hydrogens (tertiary/aromatic N) is 2. The van der Waals surface area contributed by atoms with Crippen LogP contribution in [0.15, 0.2) is 30.5 Å². The number of halogens is 1. The number of para-hydroxylation sites is 1. The van der Waals surface area contributed by atoms with Crippen molar-refractivity contribution in [1.82, 2.24) is 9.97 Å². The van der Waals surface area contributed by atoms with Crippen molar-refractivity contribution in [2.45, 2.75) is 13.5 Å². The van der Waals surface area contributed by atoms with Gasteiger partial charge < -0.3 is 11.1 Å². The third kappa shape index (κ3) is 2.69. The maximum Gasteiger partial charge on any atom is 0.146 e. The third-order valence-electron chi connectivity index (χ3n) is 2.36. The number of nitrogens with two attached hydrogens (primary N) is 1. The lowest BCUT2D eigenvalue weighted by Gasteiger charge is -2.08. The van der Waals surface area contributed by atoms with Crippen LogP contribution in [0, 0.1) is 12.7 Å². The van der Waals surface area contributed by atoms with Crippen molar-refractivity contribution < 1.29 is 4.39 Å². The summed E-state index contributed by atoms with van der Waals surface area (Å²) in [4.78, 5) is 8.09. The molecule has 0 spiro atoms. The highest BCUT2D eigenvalue weighted by molar-refractivity contribution is 5.47. The Morgan fingerprint density at radius 3 is 2.82 bits per heavy atom. The zero-order chi connectivity index (χ0) is 12.3. The summed E-state index contributed by atoms with van der Waals surface area (Å²) >= 11 is 0. The number of anilines is 2. The molecule has 0 radical (unpaired) electrons. The van der Waals surface area contributed by atoms with Crippen LogP contribution in [0.25, 0.3) is 0 Å². The molecule has 17 heavy (non-hydrogen) atoms. The van der Waals surface area contributed by atoms with Crippen LogP contribution in [0.2, 0.25) is 0 Å². The molecule has 0 amide bonds. The molecule has 0 saturated heterocycles. The first kappa shape index (κ1) is 11.3. The van der Waals surface area contributed by atoms with Crippen LogP contribution in [0.4, 0.5) is 15.9 Å². The maximum absolute atomic E-state index is 13.3. The molecule has 0 aliphatic rings. The number of rotatable bonds is 3. The fraction of sp³-hybridized carbons (Fsp3) is 0.167. The van der Waals surface area contributed by atoms with Crippen LogP contribution in [-0.4, -0.2) is 9.97 Å². The molecule has 0 aliphatic heterocycles. The molecule has 3 N–H and O–H groups in total. The summed E-state index contributed by atoms with van der Waals surface area (Å²) in [6.07, 6.45) is 1.64. The maximum atomic E-state index is 13.3. The van der Waals surface area contributed by atoms with Crippen molar-refractivity contribution in [2.75, 3.05) is 11.1 Å². The summed E-state index contributed by atoms with van der Waals surface area (Å²) in [5, 5.41) is 2.95. The summed E-state index contributed by atoms with van der Waals surface area (Å²) in [6, 6.07) is 6.47. The minimum atomic E-state index is -0.292. The van der Waals surface area contributed by atoms with Crippen molar-refractivity contribution >= 4 is 11.5 Å². The smallest absolute Gasteiger partial charge is 0.146 e. The number of aryl methyl sites for hydroxylation is 1. The van der Waals surface area contributed by atoms with E-state index in [1.54, 1.807) is 31.3 Å². The van der Waals surface area contributed by atoms with Crippen LogP contribution in [0.1, 0.15) is 11.4 Å². The van der Waals surface area contributed by atoms with E-state index < -0.39 is 0 Å². The van der Waals surface area contributed by atoms with Gasteiger partial charge in [-0.25, -0.2) is 14.4 Å². The van der Waals surface area contributed by atoms with Gasteiger partial charge in [0.15, 0.2) is 0 Å². The van der Waals surface area contributed by atoms with Gasteiger partial charge in [-0.2, -0.15) is 0 Å². The van der Waals surface area contributed by atoms with Gasteiger partial charge in [0.25, 0.3) is 0 Å². The van der Waals surface area contributed by atoms with Crippen molar-refractivity contribution in [3.8, 4) is 0 Å². The topological polar surface area (TPSA) is 63.8 Å². The van der Waals surface area contributed by atoms with Gasteiger partial charge in [-0.1, -0.05) is 12.1 Å². The van der Waals surface area contributed by atoms with Crippen LogP contribution in [-0.2, 0) is 6.54 Å². The quantitative estimate of drug-likeness (QED) is 0.850. The van der Waals surface area contributed by atoms with Gasteiger partial charge in [-0.3, -0.25) is 0 Å². The predicted molar refractivity (Wildman–Crippen MR) is 64.9 cm³/mol. The summed E-state index contributed by atoms with van der Waals surface area (Å²) < 4.78 is 13.3. The van der Waals surface area contributed by atoms with E-state index in [-0.39, 0.29) is 5.82 Å². The molecule has 1 heterocycles. The monoisotopic (exact) mass is 232 g/mol. The molecule has 1 aromatic heterocycles. The Balaban J connectivity index is 2.10. The fourth-order valence-corrected chi connectivity index (χ4v) is 1.44. The van der Waals surface area contributed by atoms with E-state index >= 15 is 0 Å². The molecular weight excluding hydrogens is 219 g/mol. The summed E-state index contributed by atoms with van der Waals surface area (Å²) in [6.45, 7) is 2.16. The summed E-state index contributed by atoms with van der Waals surface area (Å²) in [5.41, 5.74) is 6.93. The molecule has 0 unspecified atom stereocenters. The van der Waals surface area contributed by atoms with Crippen LogP contribution >= 0.6 is 0 Å². The van der Waals surface area contributed by atoms with Crippen molar-refractivity contribution in [3.63, 3.8) is 0 Å². The average molecular weight is 232 g/mol. The predicted octanol–water partition coefficient (Wildman–Crippen LogP) is 2.12.